The molecule has 1 fully saturated rings. The first-order valence-electron chi connectivity index (χ1n) is 9.61. The van der Waals surface area contributed by atoms with Crippen LogP contribution in [0.15, 0.2) is 18.2 Å². The summed E-state index contributed by atoms with van der Waals surface area (Å²) < 4.78 is 0. The van der Waals surface area contributed by atoms with Crippen LogP contribution in [0.25, 0.3) is 0 Å². The maximum Gasteiger partial charge on any atom is 0.227 e. The van der Waals surface area contributed by atoms with E-state index < -0.39 is 0 Å². The molecule has 4 heteroatoms. The summed E-state index contributed by atoms with van der Waals surface area (Å²) in [6.07, 6.45) is 4.94. The van der Waals surface area contributed by atoms with Crippen molar-refractivity contribution in [2.24, 2.45) is 11.8 Å². The molecule has 2 amide bonds. The molecule has 0 spiro atoms. The summed E-state index contributed by atoms with van der Waals surface area (Å²) in [7, 11) is 0. The summed E-state index contributed by atoms with van der Waals surface area (Å²) in [5.74, 6) is 0.371. The van der Waals surface area contributed by atoms with Gasteiger partial charge in [0.05, 0.1) is 5.92 Å². The molecule has 2 rings (SSSR count). The summed E-state index contributed by atoms with van der Waals surface area (Å²) in [6, 6.07) is 6.11. The number of rotatable bonds is 8. The predicted octanol–water partition coefficient (Wildman–Crippen LogP) is 3.99. The van der Waals surface area contributed by atoms with Gasteiger partial charge in [-0.2, -0.15) is 0 Å². The second-order valence-electron chi connectivity index (χ2n) is 7.36. The van der Waals surface area contributed by atoms with Crippen molar-refractivity contribution in [3.8, 4) is 0 Å². The molecule has 0 bridgehead atoms. The van der Waals surface area contributed by atoms with Crippen molar-refractivity contribution in [2.45, 2.75) is 59.8 Å². The minimum Gasteiger partial charge on any atom is -0.356 e. The van der Waals surface area contributed by atoms with Crippen LogP contribution in [0, 0.1) is 25.7 Å². The molecule has 2 atom stereocenters. The molecule has 1 aliphatic rings. The maximum absolute atomic E-state index is 12.5. The lowest BCUT2D eigenvalue weighted by atomic mass is 9.99. The zero-order valence-electron chi connectivity index (χ0n) is 16.1. The molecule has 0 saturated carbocycles. The van der Waals surface area contributed by atoms with Gasteiger partial charge in [0.2, 0.25) is 11.8 Å². The Morgan fingerprint density at radius 1 is 1.32 bits per heavy atom. The van der Waals surface area contributed by atoms with Gasteiger partial charge in [-0.3, -0.25) is 9.59 Å². The highest BCUT2D eigenvalue weighted by atomic mass is 16.2. The number of unbranched alkanes of at least 4 members (excludes halogenated alkanes) is 1. The molecular formula is C21H32N2O2. The fourth-order valence-electron chi connectivity index (χ4n) is 3.46. The van der Waals surface area contributed by atoms with Crippen LogP contribution < -0.4 is 10.2 Å². The van der Waals surface area contributed by atoms with Crippen LogP contribution >= 0.6 is 0 Å². The molecule has 2 unspecified atom stereocenters. The Labute approximate surface area is 152 Å². The minimum atomic E-state index is -0.240. The number of hydrogen-bond donors (Lipinski definition) is 1. The molecule has 138 valence electrons. The van der Waals surface area contributed by atoms with Crippen molar-refractivity contribution in [3.05, 3.63) is 29.3 Å². The van der Waals surface area contributed by atoms with E-state index in [0.717, 1.165) is 36.2 Å². The lowest BCUT2D eigenvalue weighted by molar-refractivity contribution is -0.126. The molecule has 1 N–H and O–H groups in total. The number of anilines is 1. The van der Waals surface area contributed by atoms with Crippen molar-refractivity contribution in [1.29, 1.82) is 0 Å². The largest absolute Gasteiger partial charge is 0.356 e. The van der Waals surface area contributed by atoms with E-state index >= 15 is 0 Å². The van der Waals surface area contributed by atoms with Gasteiger partial charge in [0.15, 0.2) is 0 Å². The Bertz CT molecular complexity index is 612. The Balaban J connectivity index is 1.95. The second-order valence-corrected chi connectivity index (χ2v) is 7.36. The molecule has 1 aliphatic heterocycles. The number of aryl methyl sites for hydroxylation is 2. The number of nitrogens with one attached hydrogen (secondary N) is 1. The van der Waals surface area contributed by atoms with E-state index in [9.17, 15) is 9.59 Å². The smallest absolute Gasteiger partial charge is 0.227 e. The second kappa shape index (κ2) is 9.02. The van der Waals surface area contributed by atoms with Crippen LogP contribution in [-0.4, -0.2) is 24.9 Å². The fourth-order valence-corrected chi connectivity index (χ4v) is 3.46. The van der Waals surface area contributed by atoms with Crippen molar-refractivity contribution in [3.63, 3.8) is 0 Å². The van der Waals surface area contributed by atoms with Gasteiger partial charge < -0.3 is 10.2 Å². The van der Waals surface area contributed by atoms with E-state index in [2.05, 4.69) is 19.2 Å². The van der Waals surface area contributed by atoms with E-state index in [-0.39, 0.29) is 17.7 Å². The molecular weight excluding hydrogens is 312 g/mol. The molecule has 0 aromatic heterocycles. The van der Waals surface area contributed by atoms with Gasteiger partial charge in [-0.25, -0.2) is 0 Å². The predicted molar refractivity (Wildman–Crippen MR) is 103 cm³/mol. The van der Waals surface area contributed by atoms with E-state index in [0.29, 0.717) is 18.9 Å². The quantitative estimate of drug-likeness (QED) is 0.775. The molecule has 0 radical (unpaired) electrons. The monoisotopic (exact) mass is 344 g/mol. The highest BCUT2D eigenvalue weighted by Gasteiger charge is 2.35. The van der Waals surface area contributed by atoms with E-state index in [4.69, 9.17) is 0 Å². The zero-order valence-corrected chi connectivity index (χ0v) is 16.1. The van der Waals surface area contributed by atoms with Crippen LogP contribution in [0.4, 0.5) is 5.69 Å². The fraction of sp³-hybridized carbons (Fsp3) is 0.619. The summed E-state index contributed by atoms with van der Waals surface area (Å²) in [4.78, 5) is 26.7. The van der Waals surface area contributed by atoms with Crippen molar-refractivity contribution in [2.75, 3.05) is 18.0 Å². The van der Waals surface area contributed by atoms with E-state index in [1.807, 2.05) is 32.0 Å². The molecule has 0 aliphatic carbocycles. The van der Waals surface area contributed by atoms with Crippen LogP contribution in [0.3, 0.4) is 0 Å². The van der Waals surface area contributed by atoms with E-state index in [1.54, 1.807) is 4.90 Å². The number of nitrogens with zero attached hydrogens (tertiary/aromatic N) is 1. The van der Waals surface area contributed by atoms with E-state index in [1.165, 1.54) is 12.8 Å². The van der Waals surface area contributed by atoms with Gasteiger partial charge in [0, 0.05) is 25.2 Å². The topological polar surface area (TPSA) is 49.4 Å². The first-order chi connectivity index (χ1) is 12.0. The summed E-state index contributed by atoms with van der Waals surface area (Å²) >= 11 is 0. The lowest BCUT2D eigenvalue weighted by Gasteiger charge is -2.20. The van der Waals surface area contributed by atoms with Gasteiger partial charge >= 0.3 is 0 Å². The number of carbonyl (C=O) groups excluding carboxylic acids is 2. The summed E-state index contributed by atoms with van der Waals surface area (Å²) in [6.45, 7) is 9.61. The lowest BCUT2D eigenvalue weighted by Crippen LogP contribution is -2.36. The average molecular weight is 344 g/mol. The van der Waals surface area contributed by atoms with Crippen molar-refractivity contribution < 1.29 is 9.59 Å². The van der Waals surface area contributed by atoms with Crippen LogP contribution in [0.2, 0.25) is 0 Å². The van der Waals surface area contributed by atoms with Gasteiger partial charge in [0.25, 0.3) is 0 Å². The number of carbonyl (C=O) groups is 2. The third kappa shape index (κ3) is 5.07. The van der Waals surface area contributed by atoms with Gasteiger partial charge in [-0.15, -0.1) is 0 Å². The highest BCUT2D eigenvalue weighted by Crippen LogP contribution is 2.29. The molecule has 25 heavy (non-hydrogen) atoms. The molecule has 1 aromatic carbocycles. The Kier molecular flexibility index (Phi) is 7.03. The highest BCUT2D eigenvalue weighted by molar-refractivity contribution is 6.00. The molecule has 1 heterocycles. The first-order valence-corrected chi connectivity index (χ1v) is 9.61. The Hall–Kier alpha value is -1.84. The van der Waals surface area contributed by atoms with Gasteiger partial charge in [-0.05, 0) is 43.4 Å². The molecule has 1 aromatic rings. The van der Waals surface area contributed by atoms with Crippen molar-refractivity contribution in [1.82, 2.24) is 5.32 Å². The van der Waals surface area contributed by atoms with Crippen molar-refractivity contribution >= 4 is 17.5 Å². The minimum absolute atomic E-state index is 0.0242. The molecule has 4 nitrogen and oxygen atoms in total. The number of benzene rings is 1. The normalized spacial score (nSPS) is 18.5. The molecule has 1 saturated heterocycles. The Morgan fingerprint density at radius 2 is 2.08 bits per heavy atom. The third-order valence-electron chi connectivity index (χ3n) is 5.26. The maximum atomic E-state index is 12.5. The SMILES string of the molecule is CCCCC(CC)CNC(=O)C1CC(=O)N(c2cc(C)ccc2C)C1. The first kappa shape index (κ1) is 19.5. The van der Waals surface area contributed by atoms with Gasteiger partial charge in [0.1, 0.15) is 0 Å². The number of hydrogen-bond acceptors (Lipinski definition) is 2. The zero-order chi connectivity index (χ0) is 18.4. The van der Waals surface area contributed by atoms with Crippen LogP contribution in [0.5, 0.6) is 0 Å². The summed E-state index contributed by atoms with van der Waals surface area (Å²) in [5.41, 5.74) is 3.14. The van der Waals surface area contributed by atoms with Crippen LogP contribution in [-0.2, 0) is 9.59 Å². The number of amides is 2. The Morgan fingerprint density at radius 3 is 2.76 bits per heavy atom. The summed E-state index contributed by atoms with van der Waals surface area (Å²) in [5, 5.41) is 3.09. The van der Waals surface area contributed by atoms with Crippen LogP contribution in [0.1, 0.15) is 57.1 Å². The third-order valence-corrected chi connectivity index (χ3v) is 5.26. The average Bonchev–Trinajstić information content (AvgIpc) is 2.98. The standard InChI is InChI=1S/C21H32N2O2/c1-5-7-8-17(6-2)13-22-21(25)18-12-20(24)23(14-18)19-11-15(3)9-10-16(19)4/h9-11,17-18H,5-8,12-14H2,1-4H3,(H,22,25). The van der Waals surface area contributed by atoms with Gasteiger partial charge in [-0.1, -0.05) is 45.2 Å².